The molecule has 0 aromatic carbocycles. The molecule has 6 heteroatoms. The summed E-state index contributed by atoms with van der Waals surface area (Å²) in [6, 6.07) is 0.170. The highest BCUT2D eigenvalue weighted by Crippen LogP contribution is 2.10. The molecule has 0 bridgehead atoms. The Morgan fingerprint density at radius 3 is 2.91 bits per heavy atom. The fourth-order valence-electron chi connectivity index (χ4n) is 0.530. The summed E-state index contributed by atoms with van der Waals surface area (Å²) in [4.78, 5) is 1.43. The van der Waals surface area contributed by atoms with Gasteiger partial charge in [-0.15, -0.1) is 10.2 Å². The highest BCUT2D eigenvalue weighted by molar-refractivity contribution is 7.99. The molecule has 0 fully saturated rings. The van der Waals surface area contributed by atoms with E-state index in [1.807, 2.05) is 6.92 Å². The first-order valence-electron chi connectivity index (χ1n) is 3.31. The van der Waals surface area contributed by atoms with Gasteiger partial charge in [-0.3, -0.25) is 0 Å². The normalized spacial score (nSPS) is 13.4. The highest BCUT2D eigenvalue weighted by atomic mass is 32.2. The van der Waals surface area contributed by atoms with E-state index >= 15 is 0 Å². The van der Waals surface area contributed by atoms with Crippen LogP contribution < -0.4 is 5.73 Å². The molecular weight excluding hydrogens is 162 g/mol. The Balaban J connectivity index is 2.39. The number of tetrazole rings is 1. The summed E-state index contributed by atoms with van der Waals surface area (Å²) in [5.74, 6) is 0.825. The standard InChI is InChI=1S/C5H11N5S/c1-4(6)3-11-5-7-9-10(2)8-5/h4H,3,6H2,1-2H3. The van der Waals surface area contributed by atoms with Crippen molar-refractivity contribution in [3.8, 4) is 0 Å². The number of nitrogens with two attached hydrogens (primary N) is 1. The van der Waals surface area contributed by atoms with Gasteiger partial charge < -0.3 is 5.73 Å². The number of hydrogen-bond acceptors (Lipinski definition) is 5. The SMILES string of the molecule is CC(N)CSc1nnn(C)n1. The second-order valence-corrected chi connectivity index (χ2v) is 3.34. The molecule has 1 aromatic heterocycles. The smallest absolute Gasteiger partial charge is 0.231 e. The van der Waals surface area contributed by atoms with Gasteiger partial charge in [-0.25, -0.2) is 0 Å². The van der Waals surface area contributed by atoms with Crippen molar-refractivity contribution < 1.29 is 0 Å². The van der Waals surface area contributed by atoms with Crippen LogP contribution in [0.2, 0.25) is 0 Å². The predicted octanol–water partition coefficient (Wildman–Crippen LogP) is -0.351. The van der Waals surface area contributed by atoms with E-state index in [0.717, 1.165) is 5.75 Å². The summed E-state index contributed by atoms with van der Waals surface area (Å²) in [5.41, 5.74) is 5.54. The molecule has 0 aliphatic rings. The van der Waals surface area contributed by atoms with Gasteiger partial charge >= 0.3 is 0 Å². The van der Waals surface area contributed by atoms with Gasteiger partial charge in [-0.1, -0.05) is 11.8 Å². The lowest BCUT2D eigenvalue weighted by Gasteiger charge is -1.98. The van der Waals surface area contributed by atoms with E-state index in [2.05, 4.69) is 15.4 Å². The van der Waals surface area contributed by atoms with Gasteiger partial charge in [0.1, 0.15) is 0 Å². The van der Waals surface area contributed by atoms with E-state index in [1.54, 1.807) is 7.05 Å². The summed E-state index contributed by atoms with van der Waals surface area (Å²) >= 11 is 1.52. The van der Waals surface area contributed by atoms with Gasteiger partial charge in [0.15, 0.2) is 0 Å². The molecule has 0 radical (unpaired) electrons. The fraction of sp³-hybridized carbons (Fsp3) is 0.800. The average Bonchev–Trinajstić information content (AvgIpc) is 2.31. The number of aromatic nitrogens is 4. The van der Waals surface area contributed by atoms with Crippen LogP contribution in [0.25, 0.3) is 0 Å². The lowest BCUT2D eigenvalue weighted by Crippen LogP contribution is -2.17. The molecule has 1 rings (SSSR count). The molecule has 0 spiro atoms. The van der Waals surface area contributed by atoms with Crippen LogP contribution in [0.5, 0.6) is 0 Å². The molecule has 0 amide bonds. The minimum atomic E-state index is 0.170. The molecule has 2 N–H and O–H groups in total. The van der Waals surface area contributed by atoms with Gasteiger partial charge in [0, 0.05) is 11.8 Å². The van der Waals surface area contributed by atoms with E-state index in [0.29, 0.717) is 5.16 Å². The molecule has 1 heterocycles. The fourth-order valence-corrected chi connectivity index (χ4v) is 1.21. The van der Waals surface area contributed by atoms with Crippen molar-refractivity contribution in [2.75, 3.05) is 5.75 Å². The summed E-state index contributed by atoms with van der Waals surface area (Å²) < 4.78 is 0. The summed E-state index contributed by atoms with van der Waals surface area (Å²) in [6.07, 6.45) is 0. The lowest BCUT2D eigenvalue weighted by molar-refractivity contribution is 0.626. The minimum Gasteiger partial charge on any atom is -0.327 e. The molecule has 5 nitrogen and oxygen atoms in total. The molecule has 0 aliphatic heterocycles. The van der Waals surface area contributed by atoms with Gasteiger partial charge in [-0.2, -0.15) is 4.80 Å². The molecule has 62 valence electrons. The molecule has 1 atom stereocenters. The first kappa shape index (κ1) is 8.48. The quantitative estimate of drug-likeness (QED) is 0.633. The summed E-state index contributed by atoms with van der Waals surface area (Å²) in [5, 5.41) is 12.2. The van der Waals surface area contributed by atoms with E-state index in [9.17, 15) is 0 Å². The van der Waals surface area contributed by atoms with Crippen LogP contribution in [0.3, 0.4) is 0 Å². The Labute approximate surface area is 69.3 Å². The maximum absolute atomic E-state index is 5.54. The van der Waals surface area contributed by atoms with Crippen molar-refractivity contribution in [2.45, 2.75) is 18.1 Å². The van der Waals surface area contributed by atoms with Gasteiger partial charge in [-0.05, 0) is 12.1 Å². The molecule has 0 saturated carbocycles. The molecule has 11 heavy (non-hydrogen) atoms. The second kappa shape index (κ2) is 3.68. The number of nitrogens with zero attached hydrogens (tertiary/aromatic N) is 4. The Morgan fingerprint density at radius 1 is 1.73 bits per heavy atom. The third-order valence-electron chi connectivity index (χ3n) is 0.965. The van der Waals surface area contributed by atoms with Crippen molar-refractivity contribution >= 4 is 11.8 Å². The first-order valence-corrected chi connectivity index (χ1v) is 4.29. The maximum Gasteiger partial charge on any atom is 0.231 e. The van der Waals surface area contributed by atoms with Crippen molar-refractivity contribution in [1.29, 1.82) is 0 Å². The van der Waals surface area contributed by atoms with Crippen molar-refractivity contribution in [3.63, 3.8) is 0 Å². The Bertz CT molecular complexity index is 220. The van der Waals surface area contributed by atoms with Crippen LogP contribution in [0, 0.1) is 0 Å². The monoisotopic (exact) mass is 173 g/mol. The first-order chi connectivity index (χ1) is 5.18. The zero-order valence-corrected chi connectivity index (χ0v) is 7.38. The van der Waals surface area contributed by atoms with Crippen molar-refractivity contribution in [1.82, 2.24) is 20.2 Å². The van der Waals surface area contributed by atoms with Gasteiger partial charge in [0.25, 0.3) is 0 Å². The largest absolute Gasteiger partial charge is 0.327 e. The molecule has 0 saturated heterocycles. The number of rotatable bonds is 3. The highest BCUT2D eigenvalue weighted by Gasteiger charge is 2.01. The summed E-state index contributed by atoms with van der Waals surface area (Å²) in [6.45, 7) is 1.95. The Kier molecular flexibility index (Phi) is 2.84. The van der Waals surface area contributed by atoms with Crippen LogP contribution >= 0.6 is 11.8 Å². The molecule has 1 unspecified atom stereocenters. The molecule has 1 aromatic rings. The Hall–Kier alpha value is -0.620. The van der Waals surface area contributed by atoms with Crippen LogP contribution in [0.1, 0.15) is 6.92 Å². The zero-order valence-electron chi connectivity index (χ0n) is 6.56. The number of hydrogen-bond donors (Lipinski definition) is 1. The Morgan fingerprint density at radius 2 is 2.45 bits per heavy atom. The van der Waals surface area contributed by atoms with Crippen LogP contribution in [-0.2, 0) is 7.05 Å². The minimum absolute atomic E-state index is 0.170. The topological polar surface area (TPSA) is 69.6 Å². The zero-order chi connectivity index (χ0) is 8.27. The number of aryl methyl sites for hydroxylation is 1. The van der Waals surface area contributed by atoms with Crippen molar-refractivity contribution in [2.24, 2.45) is 12.8 Å². The van der Waals surface area contributed by atoms with E-state index in [-0.39, 0.29) is 6.04 Å². The van der Waals surface area contributed by atoms with E-state index < -0.39 is 0 Å². The van der Waals surface area contributed by atoms with Crippen LogP contribution in [0.15, 0.2) is 5.16 Å². The van der Waals surface area contributed by atoms with Crippen LogP contribution in [0.4, 0.5) is 0 Å². The second-order valence-electron chi connectivity index (χ2n) is 2.35. The predicted molar refractivity (Wildman–Crippen MR) is 43.2 cm³/mol. The van der Waals surface area contributed by atoms with Crippen molar-refractivity contribution in [3.05, 3.63) is 0 Å². The number of thioether (sulfide) groups is 1. The molecule has 0 aliphatic carbocycles. The average molecular weight is 173 g/mol. The van der Waals surface area contributed by atoms with E-state index in [4.69, 9.17) is 5.73 Å². The van der Waals surface area contributed by atoms with Crippen LogP contribution in [-0.4, -0.2) is 32.0 Å². The van der Waals surface area contributed by atoms with Gasteiger partial charge in [0.05, 0.1) is 7.05 Å². The van der Waals surface area contributed by atoms with E-state index in [1.165, 1.54) is 16.6 Å². The summed E-state index contributed by atoms with van der Waals surface area (Å²) in [7, 11) is 1.74. The lowest BCUT2D eigenvalue weighted by atomic mass is 10.4. The maximum atomic E-state index is 5.54. The van der Waals surface area contributed by atoms with Gasteiger partial charge in [0.2, 0.25) is 5.16 Å². The third-order valence-corrected chi connectivity index (χ3v) is 2.08. The third kappa shape index (κ3) is 2.85. The molecular formula is C5H11N5S.